The maximum Gasteiger partial charge on any atom is 0.164 e. The molecule has 0 fully saturated rings. The molecule has 0 bridgehead atoms. The molecule has 0 N–H and O–H groups in total. The lowest BCUT2D eigenvalue weighted by Gasteiger charge is -2.22. The van der Waals surface area contributed by atoms with Gasteiger partial charge in [0.1, 0.15) is 11.2 Å². The van der Waals surface area contributed by atoms with Crippen molar-refractivity contribution < 1.29 is 4.42 Å². The number of benzene rings is 5. The van der Waals surface area contributed by atoms with Crippen molar-refractivity contribution in [2.24, 2.45) is 0 Å². The number of hydrogen-bond donors (Lipinski definition) is 0. The van der Waals surface area contributed by atoms with E-state index >= 15 is 0 Å². The largest absolute Gasteiger partial charge is 0.455 e. The van der Waals surface area contributed by atoms with Gasteiger partial charge in [-0.2, -0.15) is 0 Å². The first-order valence-electron chi connectivity index (χ1n) is 15.2. The van der Waals surface area contributed by atoms with Gasteiger partial charge in [-0.3, -0.25) is 0 Å². The van der Waals surface area contributed by atoms with Gasteiger partial charge in [-0.1, -0.05) is 125 Å². The van der Waals surface area contributed by atoms with E-state index in [1.807, 2.05) is 36.4 Å². The van der Waals surface area contributed by atoms with E-state index in [2.05, 4.69) is 107 Å². The number of para-hydroxylation sites is 1. The number of fused-ring (bicyclic) bond motifs is 4. The van der Waals surface area contributed by atoms with Gasteiger partial charge in [-0.05, 0) is 52.1 Å². The van der Waals surface area contributed by atoms with Crippen LogP contribution >= 0.6 is 0 Å². The first-order chi connectivity index (χ1) is 21.3. The van der Waals surface area contributed by atoms with Crippen LogP contribution in [0.2, 0.25) is 0 Å². The van der Waals surface area contributed by atoms with E-state index < -0.39 is 0 Å². The third-order valence-corrected chi connectivity index (χ3v) is 9.13. The Bertz CT molecular complexity index is 2190. The summed E-state index contributed by atoms with van der Waals surface area (Å²) < 4.78 is 6.55. The lowest BCUT2D eigenvalue weighted by Crippen LogP contribution is -2.17. The molecule has 0 amide bonds. The quantitative estimate of drug-likeness (QED) is 0.211. The van der Waals surface area contributed by atoms with Crippen LogP contribution in [-0.2, 0) is 10.8 Å². The van der Waals surface area contributed by atoms with Crippen LogP contribution in [0.15, 0.2) is 120 Å². The highest BCUT2D eigenvalue weighted by molar-refractivity contribution is 6.10. The summed E-state index contributed by atoms with van der Waals surface area (Å²) in [4.78, 5) is 15.1. The van der Waals surface area contributed by atoms with Gasteiger partial charge in [0.2, 0.25) is 0 Å². The number of aromatic nitrogens is 3. The second-order valence-corrected chi connectivity index (χ2v) is 13.2. The predicted octanol–water partition coefficient (Wildman–Crippen LogP) is 10.4. The first-order valence-corrected chi connectivity index (χ1v) is 15.2. The molecule has 44 heavy (non-hydrogen) atoms. The number of furan rings is 1. The van der Waals surface area contributed by atoms with E-state index in [0.29, 0.717) is 17.5 Å². The Labute approximate surface area is 257 Å². The minimum atomic E-state index is 0.0812. The summed E-state index contributed by atoms with van der Waals surface area (Å²) in [5.74, 6) is 1.95. The minimum absolute atomic E-state index is 0.0812. The summed E-state index contributed by atoms with van der Waals surface area (Å²) in [7, 11) is 0. The molecule has 2 aromatic heterocycles. The molecule has 7 aromatic rings. The van der Waals surface area contributed by atoms with Gasteiger partial charge in [-0.25, -0.2) is 15.0 Å². The highest BCUT2D eigenvalue weighted by Gasteiger charge is 2.41. The second kappa shape index (κ2) is 9.72. The lowest BCUT2D eigenvalue weighted by molar-refractivity contribution is 0.403. The van der Waals surface area contributed by atoms with Gasteiger partial charge in [0.25, 0.3) is 0 Å². The Morgan fingerprint density at radius 2 is 1.09 bits per heavy atom. The summed E-state index contributed by atoms with van der Waals surface area (Å²) >= 11 is 0. The van der Waals surface area contributed by atoms with E-state index in [1.165, 1.54) is 11.1 Å². The summed E-state index contributed by atoms with van der Waals surface area (Å²) in [6.07, 6.45) is 1.11. The standard InChI is InChI=1S/C40H33N3O/c1-39(2)24-40(3,4)33-22-27(19-21-32(33)39)37-41-36(26-14-9-6-10-15-26)42-38(43-37)28-18-20-30-31-17-11-16-29(25-12-7-5-8-13-25)35(31)44-34(30)23-28/h5-23H,24H2,1-4H3. The van der Waals surface area contributed by atoms with E-state index in [-0.39, 0.29) is 10.8 Å². The van der Waals surface area contributed by atoms with Crippen LogP contribution in [0.3, 0.4) is 0 Å². The van der Waals surface area contributed by atoms with Crippen molar-refractivity contribution in [3.8, 4) is 45.3 Å². The molecule has 0 atom stereocenters. The molecule has 1 aliphatic rings. The second-order valence-electron chi connectivity index (χ2n) is 13.2. The summed E-state index contributed by atoms with van der Waals surface area (Å²) in [5, 5.41) is 2.17. The average molecular weight is 572 g/mol. The van der Waals surface area contributed by atoms with Crippen LogP contribution < -0.4 is 0 Å². The van der Waals surface area contributed by atoms with Gasteiger partial charge in [0.15, 0.2) is 17.5 Å². The van der Waals surface area contributed by atoms with Crippen LogP contribution in [0.1, 0.15) is 45.2 Å². The van der Waals surface area contributed by atoms with E-state index in [1.54, 1.807) is 0 Å². The fraction of sp³-hybridized carbons (Fsp3) is 0.175. The molecule has 0 aliphatic heterocycles. The van der Waals surface area contributed by atoms with Gasteiger partial charge >= 0.3 is 0 Å². The van der Waals surface area contributed by atoms with E-state index in [9.17, 15) is 0 Å². The summed E-state index contributed by atoms with van der Waals surface area (Å²) in [6, 6.07) is 39.9. The SMILES string of the molecule is CC1(C)CC(C)(C)c2cc(-c3nc(-c4ccccc4)nc(-c4ccc5c(c4)oc4c(-c6ccccc6)cccc45)n3)ccc21. The van der Waals surface area contributed by atoms with Gasteiger partial charge in [-0.15, -0.1) is 0 Å². The van der Waals surface area contributed by atoms with Crippen molar-refractivity contribution >= 4 is 21.9 Å². The number of hydrogen-bond acceptors (Lipinski definition) is 4. The molecule has 2 heterocycles. The van der Waals surface area contributed by atoms with Crippen molar-refractivity contribution in [2.75, 3.05) is 0 Å². The molecule has 4 heteroatoms. The van der Waals surface area contributed by atoms with E-state index in [4.69, 9.17) is 19.4 Å². The Hall–Kier alpha value is -5.09. The van der Waals surface area contributed by atoms with Crippen LogP contribution in [0.5, 0.6) is 0 Å². The third kappa shape index (κ3) is 4.32. The molecular formula is C40H33N3O. The molecular weight excluding hydrogens is 538 g/mol. The Kier molecular flexibility index (Phi) is 5.86. The van der Waals surface area contributed by atoms with Gasteiger partial charge in [0.05, 0.1) is 0 Å². The zero-order chi connectivity index (χ0) is 30.1. The Balaban J connectivity index is 1.29. The van der Waals surface area contributed by atoms with Crippen molar-refractivity contribution in [3.05, 3.63) is 126 Å². The maximum atomic E-state index is 6.55. The third-order valence-electron chi connectivity index (χ3n) is 9.13. The molecule has 4 nitrogen and oxygen atoms in total. The molecule has 1 aliphatic carbocycles. The first kappa shape index (κ1) is 26.5. The van der Waals surface area contributed by atoms with Crippen molar-refractivity contribution in [3.63, 3.8) is 0 Å². The topological polar surface area (TPSA) is 51.8 Å². The molecule has 0 saturated carbocycles. The molecule has 214 valence electrons. The van der Waals surface area contributed by atoms with Gasteiger partial charge < -0.3 is 4.42 Å². The number of nitrogens with zero attached hydrogens (tertiary/aromatic N) is 3. The predicted molar refractivity (Wildman–Crippen MR) is 180 cm³/mol. The zero-order valence-electron chi connectivity index (χ0n) is 25.4. The van der Waals surface area contributed by atoms with E-state index in [0.717, 1.165) is 56.2 Å². The minimum Gasteiger partial charge on any atom is -0.455 e. The molecule has 0 unspecified atom stereocenters. The van der Waals surface area contributed by atoms with Crippen LogP contribution in [0.4, 0.5) is 0 Å². The van der Waals surface area contributed by atoms with Crippen molar-refractivity contribution in [1.82, 2.24) is 15.0 Å². The lowest BCUT2D eigenvalue weighted by atomic mass is 9.82. The smallest absolute Gasteiger partial charge is 0.164 e. The average Bonchev–Trinajstić information content (AvgIpc) is 3.51. The Morgan fingerprint density at radius 3 is 1.80 bits per heavy atom. The van der Waals surface area contributed by atoms with Crippen LogP contribution in [0, 0.1) is 0 Å². The molecule has 8 rings (SSSR count). The highest BCUT2D eigenvalue weighted by Crippen LogP contribution is 2.50. The normalized spacial score (nSPS) is 15.1. The molecule has 0 saturated heterocycles. The molecule has 5 aromatic carbocycles. The molecule has 0 radical (unpaired) electrons. The monoisotopic (exact) mass is 571 g/mol. The number of rotatable bonds is 4. The maximum absolute atomic E-state index is 6.55. The highest BCUT2D eigenvalue weighted by atomic mass is 16.3. The summed E-state index contributed by atoms with van der Waals surface area (Å²) in [6.45, 7) is 9.35. The van der Waals surface area contributed by atoms with Crippen LogP contribution in [0.25, 0.3) is 67.2 Å². The molecule has 0 spiro atoms. The zero-order valence-corrected chi connectivity index (χ0v) is 25.4. The Morgan fingerprint density at radius 1 is 0.500 bits per heavy atom. The van der Waals surface area contributed by atoms with Gasteiger partial charge in [0, 0.05) is 33.0 Å². The fourth-order valence-electron chi connectivity index (χ4n) is 7.26. The summed E-state index contributed by atoms with van der Waals surface area (Å²) in [5.41, 5.74) is 9.77. The van der Waals surface area contributed by atoms with Crippen LogP contribution in [-0.4, -0.2) is 15.0 Å². The fourth-order valence-corrected chi connectivity index (χ4v) is 7.26. The van der Waals surface area contributed by atoms with Crippen molar-refractivity contribution in [1.29, 1.82) is 0 Å². The van der Waals surface area contributed by atoms with Crippen molar-refractivity contribution in [2.45, 2.75) is 44.9 Å².